The monoisotopic (exact) mass is 701 g/mol. The molecule has 0 fully saturated rings. The predicted molar refractivity (Wildman–Crippen MR) is 173 cm³/mol. The molecule has 2 heterocycles. The zero-order valence-electron chi connectivity index (χ0n) is 28.8. The topological polar surface area (TPSA) is 207 Å². The van der Waals surface area contributed by atoms with Crippen LogP contribution >= 0.6 is 15.6 Å². The van der Waals surface area contributed by atoms with E-state index >= 15 is 0 Å². The molecular formula is C27H57N5O10P2Si. The highest BCUT2D eigenvalue weighted by atomic mass is 31.3. The van der Waals surface area contributed by atoms with Crippen LogP contribution in [-0.4, -0.2) is 74.7 Å². The smallest absolute Gasteiger partial charge is 0.352 e. The molecule has 18 heteroatoms. The van der Waals surface area contributed by atoms with Crippen molar-refractivity contribution >= 4 is 29.8 Å². The van der Waals surface area contributed by atoms with Crippen molar-refractivity contribution in [3.8, 4) is 0 Å². The molecule has 5 N–H and O–H groups in total. The lowest BCUT2D eigenvalue weighted by Gasteiger charge is -2.39. The van der Waals surface area contributed by atoms with E-state index in [4.69, 9.17) is 19.8 Å². The second kappa shape index (κ2) is 19.4. The number of quaternary nitrogens is 2. The van der Waals surface area contributed by atoms with Crippen LogP contribution in [0.15, 0.2) is 28.9 Å². The molecule has 2 unspecified atom stereocenters. The molecule has 0 aromatic carbocycles. The van der Waals surface area contributed by atoms with E-state index in [0.717, 1.165) is 4.57 Å². The molecule has 0 saturated carbocycles. The molecule has 1 aromatic rings. The van der Waals surface area contributed by atoms with E-state index in [1.807, 2.05) is 33.9 Å². The number of phosphoric ester groups is 1. The van der Waals surface area contributed by atoms with Crippen molar-refractivity contribution in [3.05, 3.63) is 34.6 Å². The van der Waals surface area contributed by atoms with Crippen molar-refractivity contribution < 1.29 is 51.6 Å². The van der Waals surface area contributed by atoms with Crippen molar-refractivity contribution in [1.82, 2.24) is 9.55 Å². The van der Waals surface area contributed by atoms with Gasteiger partial charge in [-0.25, -0.2) is 9.11 Å². The fourth-order valence-corrected chi connectivity index (χ4v) is 6.55. The van der Waals surface area contributed by atoms with E-state index in [1.165, 1.54) is 57.6 Å². The fourth-order valence-electron chi connectivity index (χ4n) is 3.85. The molecular weight excluding hydrogens is 644 g/mol. The maximum absolute atomic E-state index is 12.3. The summed E-state index contributed by atoms with van der Waals surface area (Å²) in [6, 6.07) is 1.38. The lowest BCUT2D eigenvalue weighted by atomic mass is 10.2. The molecule has 0 saturated heterocycles. The van der Waals surface area contributed by atoms with Gasteiger partial charge in [0.25, 0.3) is 15.6 Å². The van der Waals surface area contributed by atoms with Crippen LogP contribution in [0.5, 0.6) is 0 Å². The average Bonchev–Trinajstić information content (AvgIpc) is 3.30. The highest BCUT2D eigenvalue weighted by molar-refractivity contribution is 7.59. The summed E-state index contributed by atoms with van der Waals surface area (Å²) in [6.45, 7) is 30.2. The molecule has 45 heavy (non-hydrogen) atoms. The van der Waals surface area contributed by atoms with Gasteiger partial charge in [0.05, 0.1) is 39.3 Å². The quantitative estimate of drug-likeness (QED) is 0.154. The third kappa shape index (κ3) is 16.3. The molecule has 264 valence electrons. The van der Waals surface area contributed by atoms with Crippen LogP contribution in [0.25, 0.3) is 0 Å². The second-order valence-corrected chi connectivity index (χ2v) is 19.4. The van der Waals surface area contributed by atoms with E-state index in [0.29, 0.717) is 0 Å². The predicted octanol–water partition coefficient (Wildman–Crippen LogP) is 0.453. The van der Waals surface area contributed by atoms with Crippen LogP contribution in [0, 0.1) is 0 Å². The van der Waals surface area contributed by atoms with Crippen LogP contribution in [0.2, 0.25) is 18.1 Å². The van der Waals surface area contributed by atoms with Gasteiger partial charge in [-0.05, 0) is 71.8 Å². The summed E-state index contributed by atoms with van der Waals surface area (Å²) >= 11 is 0. The zero-order chi connectivity index (χ0) is 35.2. The molecule has 0 bridgehead atoms. The van der Waals surface area contributed by atoms with Crippen molar-refractivity contribution in [2.45, 2.75) is 92.8 Å². The molecule has 0 spiro atoms. The number of nitrogen functional groups attached to an aromatic ring is 1. The van der Waals surface area contributed by atoms with E-state index in [1.54, 1.807) is 9.80 Å². The Morgan fingerprint density at radius 2 is 1.49 bits per heavy atom. The molecule has 0 radical (unpaired) electrons. The average molecular weight is 702 g/mol. The van der Waals surface area contributed by atoms with E-state index in [-0.39, 0.29) is 16.6 Å². The SMILES string of the molecule is CC(C)(C)[Si](C)(C)O[C@@H]1C=C(COP(=O)([O-])OP(=O)([O-])O)O[C@H]1n1ccc(N)nc1=O.CC[NH+](CC)CC.CC[NH+](CC)CC. The van der Waals surface area contributed by atoms with E-state index in [2.05, 4.69) is 55.4 Å². The molecule has 15 nitrogen and oxygen atoms in total. The summed E-state index contributed by atoms with van der Waals surface area (Å²) in [5, 5.41) is -0.191. The fraction of sp³-hybridized carbons (Fsp3) is 0.778. The van der Waals surface area contributed by atoms with Crippen molar-refractivity contribution in [3.63, 3.8) is 0 Å². The van der Waals surface area contributed by atoms with Crippen molar-refractivity contribution in [1.29, 1.82) is 0 Å². The molecule has 1 aliphatic rings. The minimum absolute atomic E-state index is 0.00751. The first kappa shape index (κ1) is 43.6. The van der Waals surface area contributed by atoms with Gasteiger partial charge in [-0.15, -0.1) is 0 Å². The number of hydrogen-bond donors (Lipinski definition) is 4. The summed E-state index contributed by atoms with van der Waals surface area (Å²) in [7, 11) is -13.3. The number of phosphoric acid groups is 2. The standard InChI is InChI=1S/C15H27N3O10P2Si.2C6H15N/c1-15(2,3)31(4,5)27-11-8-10(9-25-30(23,24)28-29(20,21)22)26-13(11)18-7-6-12(16)17-14(18)19;2*1-4-7(5-2)6-3/h6-8,11,13H,9H2,1-5H3,(H,23,24)(H2,16,17,19)(H2,20,21,22);2*4-6H2,1-3H3/t11-,13-;;/m1../s1. The number of hydrogen-bond acceptors (Lipinski definition) is 11. The van der Waals surface area contributed by atoms with Gasteiger partial charge in [-0.3, -0.25) is 13.7 Å². The van der Waals surface area contributed by atoms with Gasteiger partial charge in [0.15, 0.2) is 8.32 Å². The molecule has 2 rings (SSSR count). The molecule has 1 aromatic heterocycles. The Bertz CT molecular complexity index is 1170. The Kier molecular flexibility index (Phi) is 18.8. The van der Waals surface area contributed by atoms with Crippen molar-refractivity contribution in [2.24, 2.45) is 0 Å². The van der Waals surface area contributed by atoms with Crippen LogP contribution in [-0.2, 0) is 27.1 Å². The lowest BCUT2D eigenvalue weighted by Crippen LogP contribution is -3.11. The third-order valence-electron chi connectivity index (χ3n) is 7.83. The number of rotatable bonds is 14. The number of nitrogens with one attached hydrogen (secondary N) is 2. The van der Waals surface area contributed by atoms with Crippen LogP contribution in [0.4, 0.5) is 5.82 Å². The van der Waals surface area contributed by atoms with Gasteiger partial charge in [0.1, 0.15) is 24.3 Å². The van der Waals surface area contributed by atoms with Gasteiger partial charge in [-0.1, -0.05) is 20.8 Å². The summed E-state index contributed by atoms with van der Waals surface area (Å²) in [6.07, 6.45) is 0.932. The maximum atomic E-state index is 12.3. The van der Waals surface area contributed by atoms with E-state index < -0.39 is 48.6 Å². The first-order valence-corrected chi connectivity index (χ1v) is 21.2. The minimum atomic E-state index is -5.57. The largest absolute Gasteiger partial charge is 0.756 e. The maximum Gasteiger partial charge on any atom is 0.352 e. The minimum Gasteiger partial charge on any atom is -0.756 e. The first-order chi connectivity index (χ1) is 20.6. The normalized spacial score (nSPS) is 19.4. The van der Waals surface area contributed by atoms with Crippen LogP contribution < -0.4 is 31.0 Å². The Hall–Kier alpha value is -1.42. The highest BCUT2D eigenvalue weighted by Gasteiger charge is 2.43. The number of nitrogens with zero attached hydrogens (tertiary/aromatic N) is 2. The number of anilines is 1. The number of ether oxygens (including phenoxy) is 1. The Balaban J connectivity index is 0.00000114. The second-order valence-electron chi connectivity index (χ2n) is 11.9. The van der Waals surface area contributed by atoms with Gasteiger partial charge in [0.2, 0.25) is 6.23 Å². The summed E-state index contributed by atoms with van der Waals surface area (Å²) in [5.41, 5.74) is 4.81. The Morgan fingerprint density at radius 1 is 1.02 bits per heavy atom. The third-order valence-corrected chi connectivity index (χ3v) is 14.4. The summed E-state index contributed by atoms with van der Waals surface area (Å²) < 4.78 is 43.3. The molecule has 4 atom stereocenters. The molecule has 1 aliphatic heterocycles. The van der Waals surface area contributed by atoms with Gasteiger partial charge in [-0.2, -0.15) is 4.98 Å². The van der Waals surface area contributed by atoms with E-state index in [9.17, 15) is 23.7 Å². The first-order valence-electron chi connectivity index (χ1n) is 15.4. The zero-order valence-corrected chi connectivity index (χ0v) is 31.6. The van der Waals surface area contributed by atoms with Crippen LogP contribution in [0.3, 0.4) is 0 Å². The number of aromatic nitrogens is 2. The Morgan fingerprint density at radius 3 is 1.84 bits per heavy atom. The lowest BCUT2D eigenvalue weighted by molar-refractivity contribution is -0.894. The molecule has 0 aliphatic carbocycles. The summed E-state index contributed by atoms with van der Waals surface area (Å²) in [5.74, 6) is -0.0519. The van der Waals surface area contributed by atoms with Crippen molar-refractivity contribution in [2.75, 3.05) is 51.6 Å². The highest BCUT2D eigenvalue weighted by Crippen LogP contribution is 2.53. The van der Waals surface area contributed by atoms with Crippen LogP contribution in [0.1, 0.15) is 68.5 Å². The number of nitrogens with two attached hydrogens (primary N) is 1. The van der Waals surface area contributed by atoms with Gasteiger partial charge < -0.3 is 43.9 Å². The van der Waals surface area contributed by atoms with Gasteiger partial charge >= 0.3 is 5.69 Å². The molecule has 0 amide bonds. The summed E-state index contributed by atoms with van der Waals surface area (Å²) in [4.78, 5) is 50.0. The Labute approximate surface area is 269 Å². The van der Waals surface area contributed by atoms with Gasteiger partial charge in [0, 0.05) is 6.20 Å².